The summed E-state index contributed by atoms with van der Waals surface area (Å²) in [6.45, 7) is 1.97. The average Bonchev–Trinajstić information content (AvgIpc) is 3.37. The molecule has 3 N–H and O–H groups in total. The number of aryl methyl sites for hydroxylation is 1. The van der Waals surface area contributed by atoms with Crippen molar-refractivity contribution in [3.05, 3.63) is 87.9 Å². The molecule has 3 aromatic rings. The first-order chi connectivity index (χ1) is 18.8. The maximum absolute atomic E-state index is 13.8. The third-order valence-electron chi connectivity index (χ3n) is 6.44. The third kappa shape index (κ3) is 5.28. The van der Waals surface area contributed by atoms with Gasteiger partial charge in [0.05, 0.1) is 29.0 Å². The number of allylic oxidation sites excluding steroid dienone is 3. The van der Waals surface area contributed by atoms with Crippen LogP contribution in [0.1, 0.15) is 36.3 Å². The summed E-state index contributed by atoms with van der Waals surface area (Å²) in [5.41, 5.74) is 9.82. The number of benzene rings is 2. The van der Waals surface area contributed by atoms with Crippen LogP contribution in [0.5, 0.6) is 0 Å². The zero-order valence-corrected chi connectivity index (χ0v) is 22.3. The number of nitrogens with one attached hydrogen (secondary N) is 1. The van der Waals surface area contributed by atoms with Crippen molar-refractivity contribution in [1.29, 1.82) is 5.26 Å². The summed E-state index contributed by atoms with van der Waals surface area (Å²) in [7, 11) is 0. The maximum Gasteiger partial charge on any atom is 0.234 e. The normalized spacial score (nSPS) is 17.2. The van der Waals surface area contributed by atoms with Crippen molar-refractivity contribution in [2.24, 2.45) is 5.73 Å². The fourth-order valence-electron chi connectivity index (χ4n) is 4.65. The van der Waals surface area contributed by atoms with Gasteiger partial charge in [0, 0.05) is 23.8 Å². The summed E-state index contributed by atoms with van der Waals surface area (Å²) in [4.78, 5) is 27.2. The van der Waals surface area contributed by atoms with Gasteiger partial charge in [-0.2, -0.15) is 5.26 Å². The molecular formula is C27H22F2N6O2S2. The van der Waals surface area contributed by atoms with Gasteiger partial charge < -0.3 is 11.1 Å². The Balaban J connectivity index is 1.41. The molecule has 0 radical (unpaired) electrons. The van der Waals surface area contributed by atoms with E-state index in [1.165, 1.54) is 0 Å². The van der Waals surface area contributed by atoms with E-state index in [4.69, 9.17) is 5.73 Å². The molecule has 1 amide bonds. The number of aromatic nitrogens is 2. The summed E-state index contributed by atoms with van der Waals surface area (Å²) in [5.74, 6) is -2.62. The number of carbonyl (C=O) groups excluding carboxylic acids is 2. The molecule has 1 atom stereocenters. The Morgan fingerprint density at radius 3 is 2.72 bits per heavy atom. The van der Waals surface area contributed by atoms with Gasteiger partial charge in [0.2, 0.25) is 11.0 Å². The Bertz CT molecular complexity index is 1580. The predicted octanol–water partition coefficient (Wildman–Crippen LogP) is 5.16. The van der Waals surface area contributed by atoms with Gasteiger partial charge in [-0.1, -0.05) is 52.9 Å². The van der Waals surface area contributed by atoms with Gasteiger partial charge in [-0.15, -0.1) is 10.2 Å². The van der Waals surface area contributed by atoms with Gasteiger partial charge >= 0.3 is 0 Å². The fraction of sp³-hybridized carbons (Fsp3) is 0.222. The molecule has 0 saturated heterocycles. The molecule has 0 spiro atoms. The molecule has 5 rings (SSSR count). The number of hydrogen-bond donors (Lipinski definition) is 2. The van der Waals surface area contributed by atoms with Crippen LogP contribution in [0.2, 0.25) is 0 Å². The zero-order valence-electron chi connectivity index (χ0n) is 20.7. The van der Waals surface area contributed by atoms with E-state index in [9.17, 15) is 23.6 Å². The highest BCUT2D eigenvalue weighted by molar-refractivity contribution is 8.01. The molecule has 0 fully saturated rings. The molecule has 1 unspecified atom stereocenters. The molecule has 12 heteroatoms. The van der Waals surface area contributed by atoms with E-state index >= 15 is 0 Å². The summed E-state index contributed by atoms with van der Waals surface area (Å²) >= 11 is 2.24. The van der Waals surface area contributed by atoms with Crippen LogP contribution >= 0.6 is 23.1 Å². The highest BCUT2D eigenvalue weighted by Gasteiger charge is 2.41. The molecule has 39 heavy (non-hydrogen) atoms. The van der Waals surface area contributed by atoms with Crippen LogP contribution in [0.15, 0.2) is 69.5 Å². The number of nitrogens with two attached hydrogens (primary N) is 1. The van der Waals surface area contributed by atoms with Crippen molar-refractivity contribution in [3.63, 3.8) is 0 Å². The Hall–Kier alpha value is -4.08. The van der Waals surface area contributed by atoms with Gasteiger partial charge in [0.1, 0.15) is 17.5 Å². The minimum absolute atomic E-state index is 0.0316. The second-order valence-corrected chi connectivity index (χ2v) is 11.2. The van der Waals surface area contributed by atoms with Crippen LogP contribution in [0.25, 0.3) is 0 Å². The van der Waals surface area contributed by atoms with Crippen molar-refractivity contribution in [3.8, 4) is 6.07 Å². The van der Waals surface area contributed by atoms with Gasteiger partial charge in [-0.3, -0.25) is 14.5 Å². The first-order valence-corrected chi connectivity index (χ1v) is 13.8. The molecular weight excluding hydrogens is 542 g/mol. The summed E-state index contributed by atoms with van der Waals surface area (Å²) in [6, 6.07) is 12.8. The minimum Gasteiger partial charge on any atom is -0.384 e. The monoisotopic (exact) mass is 564 g/mol. The average molecular weight is 565 g/mol. The molecule has 1 aliphatic carbocycles. The van der Waals surface area contributed by atoms with Crippen molar-refractivity contribution < 1.29 is 18.4 Å². The number of rotatable bonds is 6. The highest BCUT2D eigenvalue weighted by Crippen LogP contribution is 2.47. The van der Waals surface area contributed by atoms with Crippen molar-refractivity contribution in [2.75, 3.05) is 16.0 Å². The van der Waals surface area contributed by atoms with E-state index in [1.54, 1.807) is 4.90 Å². The second-order valence-electron chi connectivity index (χ2n) is 9.04. The number of hydrogen-bond acceptors (Lipinski definition) is 9. The first kappa shape index (κ1) is 26.5. The number of carbonyl (C=O) groups is 2. The number of nitrogens with zero attached hydrogens (tertiary/aromatic N) is 4. The lowest BCUT2D eigenvalue weighted by Gasteiger charge is -2.38. The molecule has 198 valence electrons. The molecule has 0 bridgehead atoms. The molecule has 8 nitrogen and oxygen atoms in total. The Morgan fingerprint density at radius 2 is 2.00 bits per heavy atom. The summed E-state index contributed by atoms with van der Waals surface area (Å²) in [6.07, 6.45) is 1.61. The molecule has 2 aromatic carbocycles. The van der Waals surface area contributed by atoms with Crippen LogP contribution in [0, 0.1) is 29.9 Å². The second kappa shape index (κ2) is 11.0. The standard InChI is InChI=1S/C27H22F2N6O2S2/c1-14-5-7-15(8-6-14)23-17(12-30)25(31)35(20-3-2-4-21(36)24(20)23)26-33-34-27(39-26)38-13-22(37)32-19-10-9-16(28)11-18(19)29/h5-11,23H,2-4,13,31H2,1H3,(H,32,37). The smallest absolute Gasteiger partial charge is 0.234 e. The quantitative estimate of drug-likeness (QED) is 0.394. The molecule has 0 saturated carbocycles. The van der Waals surface area contributed by atoms with E-state index in [0.717, 1.165) is 46.4 Å². The SMILES string of the molecule is Cc1ccc(C2C(C#N)=C(N)N(c3nnc(SCC(=O)Nc4ccc(F)cc4F)s3)C3=C2C(=O)CCC3)cc1. The minimum atomic E-state index is -0.873. The van der Waals surface area contributed by atoms with Crippen LogP contribution in [-0.2, 0) is 9.59 Å². The number of nitriles is 1. The summed E-state index contributed by atoms with van der Waals surface area (Å²) < 4.78 is 27.4. The van der Waals surface area contributed by atoms with E-state index in [-0.39, 0.29) is 28.6 Å². The Morgan fingerprint density at radius 1 is 1.23 bits per heavy atom. The predicted molar refractivity (Wildman–Crippen MR) is 145 cm³/mol. The first-order valence-electron chi connectivity index (χ1n) is 12.0. The van der Waals surface area contributed by atoms with Gasteiger partial charge in [-0.25, -0.2) is 8.78 Å². The number of anilines is 2. The molecule has 1 aromatic heterocycles. The molecule has 2 aliphatic rings. The number of halogens is 2. The lowest BCUT2D eigenvalue weighted by molar-refractivity contribution is -0.116. The van der Waals surface area contributed by atoms with Crippen molar-refractivity contribution >= 4 is 45.6 Å². The lowest BCUT2D eigenvalue weighted by atomic mass is 9.75. The fourth-order valence-corrected chi connectivity index (χ4v) is 6.33. The van der Waals surface area contributed by atoms with Crippen LogP contribution in [0.3, 0.4) is 0 Å². The topological polar surface area (TPSA) is 125 Å². The zero-order chi connectivity index (χ0) is 27.7. The van der Waals surface area contributed by atoms with E-state index in [1.807, 2.05) is 31.2 Å². The van der Waals surface area contributed by atoms with Crippen molar-refractivity contribution in [1.82, 2.24) is 10.2 Å². The highest BCUT2D eigenvalue weighted by atomic mass is 32.2. The van der Waals surface area contributed by atoms with E-state index < -0.39 is 23.5 Å². The number of ketones is 1. The van der Waals surface area contributed by atoms with Crippen LogP contribution in [0.4, 0.5) is 19.6 Å². The largest absolute Gasteiger partial charge is 0.384 e. The van der Waals surface area contributed by atoms with Gasteiger partial charge in [0.25, 0.3) is 0 Å². The molecule has 2 heterocycles. The summed E-state index contributed by atoms with van der Waals surface area (Å²) in [5, 5.41) is 21.3. The number of thioether (sulfide) groups is 1. The maximum atomic E-state index is 13.8. The molecule has 1 aliphatic heterocycles. The van der Waals surface area contributed by atoms with Crippen molar-refractivity contribution in [2.45, 2.75) is 36.4 Å². The van der Waals surface area contributed by atoms with Gasteiger partial charge in [-0.05, 0) is 37.5 Å². The van der Waals surface area contributed by atoms with Crippen LogP contribution in [-0.4, -0.2) is 27.6 Å². The van der Waals surface area contributed by atoms with Crippen LogP contribution < -0.4 is 16.0 Å². The number of amides is 1. The van der Waals surface area contributed by atoms with Gasteiger partial charge in [0.15, 0.2) is 10.1 Å². The lowest BCUT2D eigenvalue weighted by Crippen LogP contribution is -2.38. The Kier molecular flexibility index (Phi) is 7.45. The third-order valence-corrected chi connectivity index (χ3v) is 8.48. The number of Topliss-reactive ketones (excluding diaryl/α,β-unsaturated/α-hetero) is 1. The van der Waals surface area contributed by atoms with E-state index in [2.05, 4.69) is 21.6 Å². The van der Waals surface area contributed by atoms with E-state index in [0.29, 0.717) is 46.1 Å². The Labute approximate surface area is 231 Å².